The van der Waals surface area contributed by atoms with Gasteiger partial charge < -0.3 is 15.6 Å². The molecule has 2 fully saturated rings. The number of nitrogens with zero attached hydrogens (tertiary/aromatic N) is 5. The summed E-state index contributed by atoms with van der Waals surface area (Å²) < 4.78 is 37.7. The molecule has 0 bridgehead atoms. The van der Waals surface area contributed by atoms with Crippen LogP contribution in [0.1, 0.15) is 63.0 Å². The van der Waals surface area contributed by atoms with Gasteiger partial charge in [0, 0.05) is 23.5 Å². The molecule has 34 heavy (non-hydrogen) atoms. The van der Waals surface area contributed by atoms with E-state index in [0.717, 1.165) is 43.4 Å². The lowest BCUT2D eigenvalue weighted by Gasteiger charge is -2.10. The van der Waals surface area contributed by atoms with Crippen molar-refractivity contribution in [1.82, 2.24) is 19.9 Å². The van der Waals surface area contributed by atoms with Crippen LogP contribution >= 0.6 is 11.8 Å². The van der Waals surface area contributed by atoms with Gasteiger partial charge in [-0.15, -0.1) is 9.36 Å². The van der Waals surface area contributed by atoms with E-state index < -0.39 is 11.6 Å². The fraction of sp³-hybridized carbons (Fsp3) is 0.565. The molecular formula is C23H29F2N6O2S+. The number of nitrogen functional groups attached to an aromatic ring is 1. The molecule has 0 radical (unpaired) electrons. The van der Waals surface area contributed by atoms with Gasteiger partial charge in [0.2, 0.25) is 5.52 Å². The fourth-order valence-electron chi connectivity index (χ4n) is 4.62. The summed E-state index contributed by atoms with van der Waals surface area (Å²) in [5, 5.41) is 14.5. The number of benzene rings is 1. The van der Waals surface area contributed by atoms with Crippen LogP contribution in [0.15, 0.2) is 17.3 Å². The third-order valence-corrected chi connectivity index (χ3v) is 7.44. The van der Waals surface area contributed by atoms with E-state index in [1.165, 1.54) is 23.9 Å². The lowest BCUT2D eigenvalue weighted by Crippen LogP contribution is -2.42. The maximum Gasteiger partial charge on any atom is 0.330 e. The lowest BCUT2D eigenvalue weighted by molar-refractivity contribution is -0.757. The number of anilines is 1. The number of halogens is 2. The minimum absolute atomic E-state index is 0.000406. The molecule has 8 nitrogen and oxygen atoms in total. The van der Waals surface area contributed by atoms with Gasteiger partial charge in [-0.1, -0.05) is 23.7 Å². The smallest absolute Gasteiger partial charge is 0.330 e. The van der Waals surface area contributed by atoms with Crippen molar-refractivity contribution in [1.29, 1.82) is 0 Å². The van der Waals surface area contributed by atoms with E-state index in [2.05, 4.69) is 11.9 Å². The van der Waals surface area contributed by atoms with Crippen molar-refractivity contribution in [2.24, 2.45) is 0 Å². The van der Waals surface area contributed by atoms with E-state index in [-0.39, 0.29) is 30.5 Å². The van der Waals surface area contributed by atoms with Crippen molar-refractivity contribution in [2.75, 3.05) is 24.7 Å². The molecule has 1 aromatic carbocycles. The molecule has 2 aliphatic rings. The van der Waals surface area contributed by atoms with Gasteiger partial charge in [-0.25, -0.2) is 8.78 Å². The van der Waals surface area contributed by atoms with Gasteiger partial charge in [0.15, 0.2) is 17.5 Å². The highest BCUT2D eigenvalue weighted by Gasteiger charge is 2.37. The minimum Gasteiger partial charge on any atom is -0.394 e. The summed E-state index contributed by atoms with van der Waals surface area (Å²) in [6.07, 6.45) is 5.21. The quantitative estimate of drug-likeness (QED) is 0.268. The standard InChI is InChI=1S/C23H29F2N6O2S/c1-2-9-34-23-27-21(26)20-22(28-23)30(14-5-6-15(10-14)33-8-7-32)29-31(20)19-12-18(25)17(24)11-16(19)13-3-4-13/h11-15,32H,2-10H2,1H3,(H2,26,27,28)/q+1. The Bertz CT molecular complexity index is 1200. The molecule has 5 rings (SSSR count). The van der Waals surface area contributed by atoms with E-state index in [9.17, 15) is 8.78 Å². The monoisotopic (exact) mass is 491 g/mol. The van der Waals surface area contributed by atoms with E-state index in [0.29, 0.717) is 35.0 Å². The molecule has 2 aliphatic carbocycles. The number of rotatable bonds is 9. The highest BCUT2D eigenvalue weighted by atomic mass is 32.2. The van der Waals surface area contributed by atoms with Crippen LogP contribution in [0.25, 0.3) is 16.9 Å². The second-order valence-corrected chi connectivity index (χ2v) is 10.0. The summed E-state index contributed by atoms with van der Waals surface area (Å²) in [6.45, 7) is 2.36. The Morgan fingerprint density at radius 2 is 2.00 bits per heavy atom. The van der Waals surface area contributed by atoms with Crippen LogP contribution in [-0.4, -0.2) is 50.0 Å². The molecule has 2 aromatic heterocycles. The zero-order chi connectivity index (χ0) is 23.8. The Morgan fingerprint density at radius 1 is 1.21 bits per heavy atom. The third kappa shape index (κ3) is 4.48. The molecule has 0 aliphatic heterocycles. The molecule has 11 heteroatoms. The normalized spacial score (nSPS) is 20.5. The Hall–Kier alpha value is -2.37. The fourth-order valence-corrected chi connectivity index (χ4v) is 5.33. The van der Waals surface area contributed by atoms with Crippen molar-refractivity contribution >= 4 is 28.7 Å². The summed E-state index contributed by atoms with van der Waals surface area (Å²) in [4.78, 5) is 9.27. The highest BCUT2D eigenvalue weighted by molar-refractivity contribution is 7.99. The molecule has 0 spiro atoms. The van der Waals surface area contributed by atoms with Crippen LogP contribution in [0.4, 0.5) is 14.6 Å². The molecule has 2 saturated carbocycles. The van der Waals surface area contributed by atoms with Crippen molar-refractivity contribution in [2.45, 2.75) is 68.7 Å². The SMILES string of the molecule is CCCSc1nc(N)c2c(n1)[n+](C1CCC(OCCO)C1)nn2-c1cc(F)c(F)cc1C1CC1. The summed E-state index contributed by atoms with van der Waals surface area (Å²) in [5.41, 5.74) is 8.68. The first-order chi connectivity index (χ1) is 16.5. The topological polar surface area (TPSA) is 103 Å². The summed E-state index contributed by atoms with van der Waals surface area (Å²) in [7, 11) is 0. The number of aliphatic hydroxyl groups is 1. The van der Waals surface area contributed by atoms with Crippen molar-refractivity contribution < 1.29 is 23.3 Å². The Labute approximate surface area is 200 Å². The number of hydrogen-bond donors (Lipinski definition) is 2. The van der Waals surface area contributed by atoms with Crippen LogP contribution in [-0.2, 0) is 4.74 Å². The molecule has 3 aromatic rings. The largest absolute Gasteiger partial charge is 0.394 e. The minimum atomic E-state index is -0.928. The molecule has 0 saturated heterocycles. The summed E-state index contributed by atoms with van der Waals surface area (Å²) in [6, 6.07) is 2.47. The number of nitrogens with two attached hydrogens (primary N) is 1. The first kappa shape index (κ1) is 23.4. The molecular weight excluding hydrogens is 462 g/mol. The molecule has 2 heterocycles. The van der Waals surface area contributed by atoms with Crippen LogP contribution in [0.5, 0.6) is 0 Å². The van der Waals surface area contributed by atoms with Gasteiger partial charge in [-0.3, -0.25) is 0 Å². The zero-order valence-electron chi connectivity index (χ0n) is 19.1. The van der Waals surface area contributed by atoms with Crippen LogP contribution in [0.2, 0.25) is 0 Å². The number of aliphatic hydroxyl groups excluding tert-OH is 1. The summed E-state index contributed by atoms with van der Waals surface area (Å²) >= 11 is 1.53. The van der Waals surface area contributed by atoms with Crippen molar-refractivity contribution in [3.05, 3.63) is 29.3 Å². The van der Waals surface area contributed by atoms with E-state index >= 15 is 0 Å². The van der Waals surface area contributed by atoms with Gasteiger partial charge in [-0.05, 0) is 49.7 Å². The first-order valence-electron chi connectivity index (χ1n) is 11.8. The molecule has 2 unspecified atom stereocenters. The van der Waals surface area contributed by atoms with Gasteiger partial charge in [0.05, 0.1) is 19.3 Å². The Kier molecular flexibility index (Phi) is 6.67. The Morgan fingerprint density at radius 3 is 2.74 bits per heavy atom. The third-order valence-electron chi connectivity index (χ3n) is 6.38. The Balaban J connectivity index is 1.64. The average Bonchev–Trinajstić information content (AvgIpc) is 3.44. The number of ether oxygens (including phenoxy) is 1. The molecule has 0 amide bonds. The zero-order valence-corrected chi connectivity index (χ0v) is 19.9. The van der Waals surface area contributed by atoms with Gasteiger partial charge >= 0.3 is 5.65 Å². The average molecular weight is 492 g/mol. The first-order valence-corrected chi connectivity index (χ1v) is 12.8. The van der Waals surface area contributed by atoms with Crippen LogP contribution < -0.4 is 10.4 Å². The van der Waals surface area contributed by atoms with Crippen molar-refractivity contribution in [3.63, 3.8) is 0 Å². The lowest BCUT2D eigenvalue weighted by atomic mass is 10.1. The second-order valence-electron chi connectivity index (χ2n) is 8.94. The van der Waals surface area contributed by atoms with Crippen LogP contribution in [0.3, 0.4) is 0 Å². The molecule has 182 valence electrons. The van der Waals surface area contributed by atoms with Crippen LogP contribution in [0, 0.1) is 11.6 Å². The van der Waals surface area contributed by atoms with E-state index in [1.807, 2.05) is 4.68 Å². The van der Waals surface area contributed by atoms with Gasteiger partial charge in [0.1, 0.15) is 11.7 Å². The number of thioether (sulfide) groups is 1. The number of fused-ring (bicyclic) bond motifs is 1. The second kappa shape index (κ2) is 9.71. The molecule has 3 N–H and O–H groups in total. The molecule has 2 atom stereocenters. The van der Waals surface area contributed by atoms with Gasteiger partial charge in [-0.2, -0.15) is 4.98 Å². The van der Waals surface area contributed by atoms with E-state index in [1.54, 1.807) is 4.68 Å². The summed E-state index contributed by atoms with van der Waals surface area (Å²) in [5.74, 6) is -0.511. The van der Waals surface area contributed by atoms with Gasteiger partial charge in [0.25, 0.3) is 5.16 Å². The highest BCUT2D eigenvalue weighted by Crippen LogP contribution is 2.44. The van der Waals surface area contributed by atoms with Crippen molar-refractivity contribution in [3.8, 4) is 5.69 Å². The van der Waals surface area contributed by atoms with E-state index in [4.69, 9.17) is 25.8 Å². The maximum atomic E-state index is 14.4. The number of aromatic nitrogens is 5. The predicted molar refractivity (Wildman–Crippen MR) is 124 cm³/mol. The number of hydrogen-bond acceptors (Lipinski definition) is 7. The predicted octanol–water partition coefficient (Wildman–Crippen LogP) is 3.45. The maximum absolute atomic E-state index is 14.4.